The monoisotopic (exact) mass is 349 g/mol. The highest BCUT2D eigenvalue weighted by molar-refractivity contribution is 8.25. The van der Waals surface area contributed by atoms with Gasteiger partial charge in [0, 0.05) is 0 Å². The number of ether oxygens (including phenoxy) is 2. The third-order valence-electron chi connectivity index (χ3n) is 2.51. The molecule has 1 rings (SSSR count). The predicted molar refractivity (Wildman–Crippen MR) is 88.1 cm³/mol. The van der Waals surface area contributed by atoms with E-state index in [1.54, 1.807) is 27.7 Å². The standard InChI is InChI=1S/C14H23NO5S2/c1-7(2)19-11(16)9(12(17)20-8(3)4)14-21-10(15(5)6)13(18)22-14/h7-8,10,13,18H,1-6H3. The molecule has 0 aromatic carbocycles. The lowest BCUT2D eigenvalue weighted by atomic mass is 10.3. The highest BCUT2D eigenvalue weighted by Crippen LogP contribution is 2.48. The van der Waals surface area contributed by atoms with Crippen molar-refractivity contribution in [2.45, 2.75) is 50.7 Å². The summed E-state index contributed by atoms with van der Waals surface area (Å²) in [6.07, 6.45) is -0.693. The summed E-state index contributed by atoms with van der Waals surface area (Å²) >= 11 is 2.34. The Kier molecular flexibility index (Phi) is 7.24. The van der Waals surface area contributed by atoms with Crippen molar-refractivity contribution in [1.29, 1.82) is 0 Å². The van der Waals surface area contributed by atoms with Crippen LogP contribution in [0.4, 0.5) is 0 Å². The Morgan fingerprint density at radius 3 is 1.82 bits per heavy atom. The number of aliphatic hydroxyl groups is 1. The summed E-state index contributed by atoms with van der Waals surface area (Å²) in [6.45, 7) is 6.83. The summed E-state index contributed by atoms with van der Waals surface area (Å²) in [5.74, 6) is -1.44. The van der Waals surface area contributed by atoms with Crippen molar-refractivity contribution >= 4 is 35.5 Å². The number of aliphatic hydroxyl groups excluding tert-OH is 1. The molecular formula is C14H23NO5S2. The fourth-order valence-corrected chi connectivity index (χ4v) is 4.48. The van der Waals surface area contributed by atoms with Crippen LogP contribution in [0.3, 0.4) is 0 Å². The fraction of sp³-hybridized carbons (Fsp3) is 0.714. The molecule has 1 aliphatic heterocycles. The zero-order valence-electron chi connectivity index (χ0n) is 13.7. The van der Waals surface area contributed by atoms with Gasteiger partial charge in [0.25, 0.3) is 0 Å². The maximum atomic E-state index is 12.2. The van der Waals surface area contributed by atoms with Crippen LogP contribution in [0.15, 0.2) is 9.81 Å². The summed E-state index contributed by atoms with van der Waals surface area (Å²) in [7, 11) is 3.64. The number of carbonyl (C=O) groups excluding carboxylic acids is 2. The molecule has 1 aliphatic rings. The van der Waals surface area contributed by atoms with E-state index >= 15 is 0 Å². The van der Waals surface area contributed by atoms with Gasteiger partial charge < -0.3 is 14.6 Å². The van der Waals surface area contributed by atoms with Gasteiger partial charge in [0.05, 0.1) is 21.8 Å². The number of likely N-dealkylation sites (N-methyl/N-ethyl adjacent to an activating group) is 1. The predicted octanol–water partition coefficient (Wildman–Crippen LogP) is 1.79. The molecular weight excluding hydrogens is 326 g/mol. The summed E-state index contributed by atoms with van der Waals surface area (Å²) in [6, 6.07) is 0. The van der Waals surface area contributed by atoms with Gasteiger partial charge in [-0.25, -0.2) is 9.59 Å². The number of rotatable bonds is 5. The quantitative estimate of drug-likeness (QED) is 0.348. The Balaban J connectivity index is 3.11. The Labute approximate surface area is 139 Å². The van der Waals surface area contributed by atoms with E-state index in [0.29, 0.717) is 4.24 Å². The zero-order chi connectivity index (χ0) is 17.0. The molecule has 0 saturated carbocycles. The molecule has 126 valence electrons. The van der Waals surface area contributed by atoms with E-state index in [4.69, 9.17) is 9.47 Å². The van der Waals surface area contributed by atoms with Crippen molar-refractivity contribution < 1.29 is 24.2 Å². The lowest BCUT2D eigenvalue weighted by Gasteiger charge is -2.19. The molecule has 8 heteroatoms. The molecule has 0 amide bonds. The van der Waals surface area contributed by atoms with E-state index in [2.05, 4.69) is 0 Å². The first-order chi connectivity index (χ1) is 10.1. The Morgan fingerprint density at radius 2 is 1.50 bits per heavy atom. The van der Waals surface area contributed by atoms with Crippen molar-refractivity contribution in [2.75, 3.05) is 14.1 Å². The summed E-state index contributed by atoms with van der Waals surface area (Å²) in [5, 5.41) is 9.83. The minimum absolute atomic E-state index is 0.138. The van der Waals surface area contributed by atoms with Crippen LogP contribution in [0.2, 0.25) is 0 Å². The summed E-state index contributed by atoms with van der Waals surface area (Å²) < 4.78 is 10.7. The van der Waals surface area contributed by atoms with Crippen LogP contribution in [0.5, 0.6) is 0 Å². The van der Waals surface area contributed by atoms with Crippen molar-refractivity contribution in [3.05, 3.63) is 9.81 Å². The van der Waals surface area contributed by atoms with E-state index in [0.717, 1.165) is 11.8 Å². The molecule has 0 aromatic rings. The number of nitrogens with zero attached hydrogens (tertiary/aromatic N) is 1. The van der Waals surface area contributed by atoms with E-state index in [1.807, 2.05) is 19.0 Å². The van der Waals surface area contributed by atoms with Crippen molar-refractivity contribution in [2.24, 2.45) is 0 Å². The van der Waals surface area contributed by atoms with Gasteiger partial charge in [0.1, 0.15) is 5.44 Å². The molecule has 22 heavy (non-hydrogen) atoms. The first-order valence-electron chi connectivity index (χ1n) is 6.97. The minimum atomic E-state index is -0.733. The van der Waals surface area contributed by atoms with Crippen LogP contribution in [-0.4, -0.2) is 59.1 Å². The fourth-order valence-electron chi connectivity index (χ4n) is 1.64. The molecule has 2 unspecified atom stereocenters. The SMILES string of the molecule is CC(C)OC(=O)C(C(=O)OC(C)C)=C1SC(O)C(N(C)C)S1. The van der Waals surface area contributed by atoms with E-state index in [9.17, 15) is 14.7 Å². The summed E-state index contributed by atoms with van der Waals surface area (Å²) in [4.78, 5) is 26.3. The van der Waals surface area contributed by atoms with Crippen LogP contribution >= 0.6 is 23.5 Å². The average Bonchev–Trinajstić information content (AvgIpc) is 2.69. The second-order valence-electron chi connectivity index (χ2n) is 5.55. The lowest BCUT2D eigenvalue weighted by molar-refractivity contribution is -0.150. The topological polar surface area (TPSA) is 76.1 Å². The molecule has 0 spiro atoms. The van der Waals surface area contributed by atoms with Crippen LogP contribution in [-0.2, 0) is 19.1 Å². The maximum Gasteiger partial charge on any atom is 0.347 e. The van der Waals surface area contributed by atoms with Gasteiger partial charge in [0.15, 0.2) is 5.57 Å². The van der Waals surface area contributed by atoms with Crippen LogP contribution in [0, 0.1) is 0 Å². The first kappa shape index (κ1) is 19.3. The molecule has 1 N–H and O–H groups in total. The molecule has 1 heterocycles. The number of hydrogen-bond donors (Lipinski definition) is 1. The van der Waals surface area contributed by atoms with Gasteiger partial charge in [0.2, 0.25) is 0 Å². The van der Waals surface area contributed by atoms with Crippen LogP contribution in [0.25, 0.3) is 0 Å². The average molecular weight is 349 g/mol. The second-order valence-corrected chi connectivity index (χ2v) is 8.06. The molecule has 0 aliphatic carbocycles. The van der Waals surface area contributed by atoms with Gasteiger partial charge in [-0.05, 0) is 41.8 Å². The van der Waals surface area contributed by atoms with E-state index < -0.39 is 17.4 Å². The molecule has 1 fully saturated rings. The Hall–Kier alpha value is -0.700. The largest absolute Gasteiger partial charge is 0.459 e. The third-order valence-corrected chi connectivity index (χ3v) is 5.51. The lowest BCUT2D eigenvalue weighted by Crippen LogP contribution is -2.30. The highest BCUT2D eigenvalue weighted by atomic mass is 32.2. The van der Waals surface area contributed by atoms with Gasteiger partial charge >= 0.3 is 11.9 Å². The van der Waals surface area contributed by atoms with Crippen molar-refractivity contribution in [3.8, 4) is 0 Å². The Morgan fingerprint density at radius 1 is 1.05 bits per heavy atom. The Bertz CT molecular complexity index is 438. The molecule has 6 nitrogen and oxygen atoms in total. The smallest absolute Gasteiger partial charge is 0.347 e. The van der Waals surface area contributed by atoms with Crippen LogP contribution < -0.4 is 0 Å². The second kappa shape index (κ2) is 8.24. The zero-order valence-corrected chi connectivity index (χ0v) is 15.3. The number of thioether (sulfide) groups is 2. The number of carbonyl (C=O) groups is 2. The molecule has 2 atom stereocenters. The first-order valence-corrected chi connectivity index (χ1v) is 8.73. The number of esters is 2. The van der Waals surface area contributed by atoms with E-state index in [-0.39, 0.29) is 23.2 Å². The number of hydrogen-bond acceptors (Lipinski definition) is 8. The minimum Gasteiger partial charge on any atom is -0.459 e. The molecule has 0 radical (unpaired) electrons. The van der Waals surface area contributed by atoms with Gasteiger partial charge in [-0.15, -0.1) is 0 Å². The third kappa shape index (κ3) is 5.19. The highest BCUT2D eigenvalue weighted by Gasteiger charge is 2.39. The van der Waals surface area contributed by atoms with Gasteiger partial charge in [-0.3, -0.25) is 4.90 Å². The van der Waals surface area contributed by atoms with Crippen molar-refractivity contribution in [1.82, 2.24) is 4.90 Å². The van der Waals surface area contributed by atoms with Crippen molar-refractivity contribution in [3.63, 3.8) is 0 Å². The maximum absolute atomic E-state index is 12.2. The van der Waals surface area contributed by atoms with Gasteiger partial charge in [-0.2, -0.15) is 0 Å². The molecule has 0 bridgehead atoms. The molecule has 0 aromatic heterocycles. The molecule has 1 saturated heterocycles. The normalized spacial score (nSPS) is 21.6. The van der Waals surface area contributed by atoms with Crippen LogP contribution in [0.1, 0.15) is 27.7 Å². The van der Waals surface area contributed by atoms with E-state index in [1.165, 1.54) is 11.8 Å². The van der Waals surface area contributed by atoms with Gasteiger partial charge in [-0.1, -0.05) is 23.5 Å². The summed E-state index contributed by atoms with van der Waals surface area (Å²) in [5.41, 5.74) is -0.871.